The lowest BCUT2D eigenvalue weighted by Gasteiger charge is -2.21. The molecule has 0 saturated carbocycles. The standard InChI is InChI=1S/C14H31NO4/c1-2-3-4-5-6-7-8-9-15-10-12(17)14(19)13(18)11-16/h12-19H,2-11H2,1H3. The van der Waals surface area contributed by atoms with Crippen LogP contribution in [0, 0.1) is 0 Å². The van der Waals surface area contributed by atoms with Crippen LogP contribution in [0.1, 0.15) is 51.9 Å². The summed E-state index contributed by atoms with van der Waals surface area (Å²) in [6.45, 7) is 2.69. The van der Waals surface area contributed by atoms with Gasteiger partial charge in [-0.15, -0.1) is 0 Å². The van der Waals surface area contributed by atoms with Crippen molar-refractivity contribution in [3.05, 3.63) is 0 Å². The van der Waals surface area contributed by atoms with Crippen molar-refractivity contribution in [3.8, 4) is 0 Å². The largest absolute Gasteiger partial charge is 0.394 e. The Labute approximate surface area is 116 Å². The van der Waals surface area contributed by atoms with Crippen molar-refractivity contribution < 1.29 is 20.4 Å². The van der Waals surface area contributed by atoms with Crippen LogP contribution in [0.4, 0.5) is 0 Å². The van der Waals surface area contributed by atoms with Crippen molar-refractivity contribution in [2.75, 3.05) is 19.7 Å². The van der Waals surface area contributed by atoms with Crippen molar-refractivity contribution in [2.24, 2.45) is 0 Å². The van der Waals surface area contributed by atoms with Gasteiger partial charge >= 0.3 is 0 Å². The molecule has 5 heteroatoms. The van der Waals surface area contributed by atoms with Gasteiger partial charge in [-0.25, -0.2) is 0 Å². The molecular formula is C14H31NO4. The van der Waals surface area contributed by atoms with E-state index >= 15 is 0 Å². The summed E-state index contributed by atoms with van der Waals surface area (Å²) in [7, 11) is 0. The summed E-state index contributed by atoms with van der Waals surface area (Å²) in [4.78, 5) is 0. The Morgan fingerprint density at radius 2 is 1.42 bits per heavy atom. The molecule has 19 heavy (non-hydrogen) atoms. The van der Waals surface area contributed by atoms with Crippen LogP contribution in [-0.2, 0) is 0 Å². The van der Waals surface area contributed by atoms with E-state index in [1.54, 1.807) is 0 Å². The van der Waals surface area contributed by atoms with E-state index in [9.17, 15) is 10.2 Å². The van der Waals surface area contributed by atoms with Crippen molar-refractivity contribution in [1.29, 1.82) is 0 Å². The maximum atomic E-state index is 9.54. The van der Waals surface area contributed by atoms with Crippen LogP contribution in [0.25, 0.3) is 0 Å². The smallest absolute Gasteiger partial charge is 0.109 e. The van der Waals surface area contributed by atoms with Gasteiger partial charge in [0.25, 0.3) is 0 Å². The zero-order valence-electron chi connectivity index (χ0n) is 12.1. The summed E-state index contributed by atoms with van der Waals surface area (Å²) in [5.74, 6) is 0. The molecule has 5 N–H and O–H groups in total. The highest BCUT2D eigenvalue weighted by Gasteiger charge is 2.23. The fourth-order valence-corrected chi connectivity index (χ4v) is 1.94. The molecule has 0 saturated heterocycles. The minimum absolute atomic E-state index is 0.230. The molecule has 0 bridgehead atoms. The van der Waals surface area contributed by atoms with Gasteiger partial charge in [-0.3, -0.25) is 0 Å². The van der Waals surface area contributed by atoms with E-state index < -0.39 is 24.9 Å². The molecule has 0 fully saturated rings. The molecule has 0 aliphatic heterocycles. The fourth-order valence-electron chi connectivity index (χ4n) is 1.94. The number of hydrogen-bond acceptors (Lipinski definition) is 5. The summed E-state index contributed by atoms with van der Waals surface area (Å²) in [6.07, 6.45) is 5.03. The molecule has 0 aromatic carbocycles. The zero-order chi connectivity index (χ0) is 14.5. The summed E-state index contributed by atoms with van der Waals surface area (Å²) in [5, 5.41) is 39.8. The van der Waals surface area contributed by atoms with Crippen molar-refractivity contribution in [3.63, 3.8) is 0 Å². The van der Waals surface area contributed by atoms with Gasteiger partial charge in [0.2, 0.25) is 0 Å². The average molecular weight is 277 g/mol. The first kappa shape index (κ1) is 18.8. The summed E-state index contributed by atoms with van der Waals surface area (Å²) in [5.41, 5.74) is 0. The first-order chi connectivity index (χ1) is 9.13. The SMILES string of the molecule is CCCCCCCCCNCC(O)C(O)C(O)CO. The van der Waals surface area contributed by atoms with E-state index in [2.05, 4.69) is 12.2 Å². The van der Waals surface area contributed by atoms with Gasteiger partial charge in [-0.1, -0.05) is 45.4 Å². The topological polar surface area (TPSA) is 93.0 Å². The second-order valence-corrected chi connectivity index (χ2v) is 5.13. The highest BCUT2D eigenvalue weighted by atomic mass is 16.4. The zero-order valence-corrected chi connectivity index (χ0v) is 12.1. The number of rotatable bonds is 13. The van der Waals surface area contributed by atoms with Crippen LogP contribution in [0.3, 0.4) is 0 Å². The molecule has 5 nitrogen and oxygen atoms in total. The molecule has 3 unspecified atom stereocenters. The second kappa shape index (κ2) is 12.8. The van der Waals surface area contributed by atoms with Crippen LogP contribution in [-0.4, -0.2) is 58.4 Å². The van der Waals surface area contributed by atoms with Gasteiger partial charge in [-0.05, 0) is 13.0 Å². The minimum Gasteiger partial charge on any atom is -0.394 e. The molecule has 0 aliphatic carbocycles. The Bertz CT molecular complexity index is 192. The molecule has 0 aliphatic rings. The number of aliphatic hydroxyl groups is 4. The van der Waals surface area contributed by atoms with Gasteiger partial charge in [0.05, 0.1) is 12.7 Å². The monoisotopic (exact) mass is 277 g/mol. The molecule has 0 radical (unpaired) electrons. The maximum absolute atomic E-state index is 9.54. The van der Waals surface area contributed by atoms with Gasteiger partial charge in [0, 0.05) is 6.54 Å². The van der Waals surface area contributed by atoms with Crippen molar-refractivity contribution in [1.82, 2.24) is 5.32 Å². The quantitative estimate of drug-likeness (QED) is 0.314. The van der Waals surface area contributed by atoms with Crippen LogP contribution in [0.2, 0.25) is 0 Å². The van der Waals surface area contributed by atoms with Crippen LogP contribution >= 0.6 is 0 Å². The number of unbranched alkanes of at least 4 members (excludes halogenated alkanes) is 6. The summed E-state index contributed by atoms with van der Waals surface area (Å²) in [6, 6.07) is 0. The predicted octanol–water partition coefficient (Wildman–Crippen LogP) is 0.402. The molecule has 0 heterocycles. The van der Waals surface area contributed by atoms with Gasteiger partial charge in [0.1, 0.15) is 12.2 Å². The van der Waals surface area contributed by atoms with Crippen molar-refractivity contribution >= 4 is 0 Å². The van der Waals surface area contributed by atoms with Gasteiger partial charge in [0.15, 0.2) is 0 Å². The Kier molecular flexibility index (Phi) is 12.7. The van der Waals surface area contributed by atoms with Crippen LogP contribution in [0.15, 0.2) is 0 Å². The van der Waals surface area contributed by atoms with E-state index in [-0.39, 0.29) is 6.54 Å². The number of aliphatic hydroxyl groups excluding tert-OH is 4. The highest BCUT2D eigenvalue weighted by Crippen LogP contribution is 2.06. The average Bonchev–Trinajstić information content (AvgIpc) is 2.43. The molecular weight excluding hydrogens is 246 g/mol. The third-order valence-electron chi connectivity index (χ3n) is 3.29. The van der Waals surface area contributed by atoms with E-state index in [0.717, 1.165) is 13.0 Å². The van der Waals surface area contributed by atoms with Gasteiger partial charge < -0.3 is 25.7 Å². The Balaban J connectivity index is 3.34. The molecule has 116 valence electrons. The third-order valence-corrected chi connectivity index (χ3v) is 3.29. The Morgan fingerprint density at radius 3 is 2.00 bits per heavy atom. The first-order valence-electron chi connectivity index (χ1n) is 7.49. The van der Waals surface area contributed by atoms with Crippen molar-refractivity contribution in [2.45, 2.75) is 70.2 Å². The summed E-state index contributed by atoms with van der Waals surface area (Å²) >= 11 is 0. The number of hydrogen-bond donors (Lipinski definition) is 5. The maximum Gasteiger partial charge on any atom is 0.109 e. The van der Waals surface area contributed by atoms with Crippen LogP contribution < -0.4 is 5.32 Å². The lowest BCUT2D eigenvalue weighted by atomic mass is 10.1. The number of nitrogens with one attached hydrogen (secondary N) is 1. The highest BCUT2D eigenvalue weighted by molar-refractivity contribution is 4.76. The molecule has 3 atom stereocenters. The molecule has 0 aromatic rings. The van der Waals surface area contributed by atoms with E-state index in [4.69, 9.17) is 10.2 Å². The lowest BCUT2D eigenvalue weighted by molar-refractivity contribution is -0.0749. The fraction of sp³-hybridized carbons (Fsp3) is 1.00. The third kappa shape index (κ3) is 10.3. The Hall–Kier alpha value is -0.200. The second-order valence-electron chi connectivity index (χ2n) is 5.13. The summed E-state index contributed by atoms with van der Waals surface area (Å²) < 4.78 is 0. The molecule has 0 aromatic heterocycles. The molecule has 0 amide bonds. The van der Waals surface area contributed by atoms with E-state index in [1.807, 2.05) is 0 Å². The van der Waals surface area contributed by atoms with Gasteiger partial charge in [-0.2, -0.15) is 0 Å². The van der Waals surface area contributed by atoms with E-state index in [1.165, 1.54) is 38.5 Å². The minimum atomic E-state index is -1.30. The predicted molar refractivity (Wildman–Crippen MR) is 76.0 cm³/mol. The molecule has 0 rings (SSSR count). The first-order valence-corrected chi connectivity index (χ1v) is 7.49. The normalized spacial score (nSPS) is 16.3. The molecule has 0 spiro atoms. The van der Waals surface area contributed by atoms with Crippen LogP contribution in [0.5, 0.6) is 0 Å². The van der Waals surface area contributed by atoms with E-state index in [0.29, 0.717) is 0 Å². The Morgan fingerprint density at radius 1 is 0.842 bits per heavy atom. The lowest BCUT2D eigenvalue weighted by Crippen LogP contribution is -2.44.